The lowest BCUT2D eigenvalue weighted by Crippen LogP contribution is -2.57. The van der Waals surface area contributed by atoms with E-state index in [1.807, 2.05) is 24.3 Å². The minimum absolute atomic E-state index is 0.00528. The number of rotatable bonds is 6. The second-order valence-corrected chi connectivity index (χ2v) is 7.12. The Bertz CT molecular complexity index is 962. The summed E-state index contributed by atoms with van der Waals surface area (Å²) in [7, 11) is 0. The predicted octanol–water partition coefficient (Wildman–Crippen LogP) is 1.62. The number of allylic oxidation sites excluding steroid dienone is 1. The van der Waals surface area contributed by atoms with Gasteiger partial charge < -0.3 is 15.5 Å². The van der Waals surface area contributed by atoms with Gasteiger partial charge >= 0.3 is 0 Å². The van der Waals surface area contributed by atoms with Gasteiger partial charge in [0.2, 0.25) is 0 Å². The van der Waals surface area contributed by atoms with Crippen molar-refractivity contribution in [2.24, 2.45) is 0 Å². The molecule has 0 aliphatic carbocycles. The van der Waals surface area contributed by atoms with Crippen LogP contribution in [0.5, 0.6) is 0 Å². The highest BCUT2D eigenvalue weighted by Gasteiger charge is 2.34. The fourth-order valence-electron chi connectivity index (χ4n) is 2.54. The zero-order chi connectivity index (χ0) is 22.1. The summed E-state index contributed by atoms with van der Waals surface area (Å²) in [6, 6.07) is 12.5. The molecule has 2 aromatic rings. The number of hydrogen-bond donors (Lipinski definition) is 5. The van der Waals surface area contributed by atoms with Gasteiger partial charge in [0.15, 0.2) is 0 Å². The second kappa shape index (κ2) is 10.4. The smallest absolute Gasteiger partial charge is 0.268 e. The van der Waals surface area contributed by atoms with E-state index in [2.05, 4.69) is 17.2 Å². The monoisotopic (exact) mass is 408 g/mol. The Morgan fingerprint density at radius 3 is 2.27 bits per heavy atom. The number of aliphatic hydroxyl groups is 2. The zero-order valence-electron chi connectivity index (χ0n) is 16.7. The van der Waals surface area contributed by atoms with E-state index in [-0.39, 0.29) is 6.61 Å². The van der Waals surface area contributed by atoms with Crippen LogP contribution in [0.15, 0.2) is 54.6 Å². The van der Waals surface area contributed by atoms with E-state index in [1.54, 1.807) is 36.4 Å². The van der Waals surface area contributed by atoms with E-state index < -0.39 is 23.5 Å². The number of amides is 2. The van der Waals surface area contributed by atoms with Gasteiger partial charge in [-0.3, -0.25) is 14.8 Å². The molecule has 0 saturated carbocycles. The highest BCUT2D eigenvalue weighted by molar-refractivity contribution is 5.97. The molecule has 156 valence electrons. The van der Waals surface area contributed by atoms with Gasteiger partial charge in [-0.1, -0.05) is 36.1 Å². The van der Waals surface area contributed by atoms with Crippen LogP contribution < -0.4 is 10.8 Å². The molecule has 0 saturated heterocycles. The molecule has 0 aromatic heterocycles. The van der Waals surface area contributed by atoms with Crippen molar-refractivity contribution in [1.82, 2.24) is 10.8 Å². The first-order chi connectivity index (χ1) is 14.2. The molecule has 2 rings (SSSR count). The predicted molar refractivity (Wildman–Crippen MR) is 112 cm³/mol. The lowest BCUT2D eigenvalue weighted by atomic mass is 9.97. The van der Waals surface area contributed by atoms with E-state index in [4.69, 9.17) is 10.3 Å². The summed E-state index contributed by atoms with van der Waals surface area (Å²) >= 11 is 0. The molecular weight excluding hydrogens is 384 g/mol. The van der Waals surface area contributed by atoms with E-state index in [0.29, 0.717) is 5.56 Å². The van der Waals surface area contributed by atoms with Crippen LogP contribution in [0.1, 0.15) is 40.9 Å². The molecule has 0 heterocycles. The van der Waals surface area contributed by atoms with Gasteiger partial charge in [-0.15, -0.1) is 0 Å². The average Bonchev–Trinajstić information content (AvgIpc) is 2.74. The fraction of sp³-hybridized carbons (Fsp3) is 0.217. The number of benzene rings is 2. The molecule has 0 radical (unpaired) electrons. The molecule has 1 atom stereocenters. The van der Waals surface area contributed by atoms with Crippen LogP contribution in [0.25, 0.3) is 6.08 Å². The van der Waals surface area contributed by atoms with Crippen LogP contribution in [0, 0.1) is 11.8 Å². The second-order valence-electron chi connectivity index (χ2n) is 7.12. The van der Waals surface area contributed by atoms with Crippen molar-refractivity contribution in [2.45, 2.75) is 32.1 Å². The standard InChI is InChI=1S/C23H24N2O5/c1-23(2,29)20(22(28)25-30)24-21(27)19-13-11-17(12-14-19)6-4-3-5-16-7-9-18(15-26)10-8-16/h4,6-14,20,26,29-30H,15H2,1-2H3,(H,24,27)(H,25,28)/b6-4+/t20-/m1/s1. The van der Waals surface area contributed by atoms with Crippen molar-refractivity contribution >= 4 is 17.9 Å². The molecule has 0 spiro atoms. The van der Waals surface area contributed by atoms with Gasteiger partial charge in [-0.25, -0.2) is 5.48 Å². The lowest BCUT2D eigenvalue weighted by Gasteiger charge is -2.28. The molecule has 2 aromatic carbocycles. The minimum Gasteiger partial charge on any atom is -0.392 e. The summed E-state index contributed by atoms with van der Waals surface area (Å²) in [4.78, 5) is 24.0. The topological polar surface area (TPSA) is 119 Å². The number of hydrogen-bond acceptors (Lipinski definition) is 5. The molecule has 0 aliphatic rings. The zero-order valence-corrected chi connectivity index (χ0v) is 16.7. The molecule has 5 N–H and O–H groups in total. The van der Waals surface area contributed by atoms with Gasteiger partial charge in [-0.2, -0.15) is 0 Å². The Balaban J connectivity index is 2.02. The normalized spacial score (nSPS) is 12.0. The number of aliphatic hydroxyl groups excluding tert-OH is 1. The molecule has 0 unspecified atom stereocenters. The third-order valence-corrected chi connectivity index (χ3v) is 4.24. The Hall–Kier alpha value is -3.44. The summed E-state index contributed by atoms with van der Waals surface area (Å²) in [5, 5.41) is 30.3. The van der Waals surface area contributed by atoms with Crippen LogP contribution in [0.3, 0.4) is 0 Å². The van der Waals surface area contributed by atoms with Gasteiger partial charge in [0.05, 0.1) is 12.2 Å². The first-order valence-corrected chi connectivity index (χ1v) is 9.19. The van der Waals surface area contributed by atoms with Crippen LogP contribution in [0.4, 0.5) is 0 Å². The Morgan fingerprint density at radius 2 is 1.73 bits per heavy atom. The summed E-state index contributed by atoms with van der Waals surface area (Å²) in [5.74, 6) is 4.42. The number of nitrogens with one attached hydrogen (secondary N) is 2. The number of carbonyl (C=O) groups excluding carboxylic acids is 2. The largest absolute Gasteiger partial charge is 0.392 e. The quantitative estimate of drug-likeness (QED) is 0.283. The molecule has 0 fully saturated rings. The molecule has 7 heteroatoms. The van der Waals surface area contributed by atoms with Gasteiger partial charge in [0.1, 0.15) is 6.04 Å². The van der Waals surface area contributed by atoms with Crippen molar-refractivity contribution in [3.8, 4) is 11.8 Å². The Kier molecular flexibility index (Phi) is 7.90. The maximum atomic E-state index is 12.4. The average molecular weight is 408 g/mol. The molecule has 2 amide bonds. The highest BCUT2D eigenvalue weighted by Crippen LogP contribution is 2.11. The van der Waals surface area contributed by atoms with E-state index in [0.717, 1.165) is 16.7 Å². The third-order valence-electron chi connectivity index (χ3n) is 4.24. The SMILES string of the molecule is CC(C)(O)[C@H](NC(=O)c1ccc(/C=C/C#Cc2ccc(CO)cc2)cc1)C(=O)NO. The molecule has 30 heavy (non-hydrogen) atoms. The Labute approximate surface area is 175 Å². The van der Waals surface area contributed by atoms with Crippen molar-refractivity contribution in [3.63, 3.8) is 0 Å². The number of carbonyl (C=O) groups is 2. The van der Waals surface area contributed by atoms with Gasteiger partial charge in [-0.05, 0) is 61.4 Å². The summed E-state index contributed by atoms with van der Waals surface area (Å²) in [5.41, 5.74) is 2.64. The van der Waals surface area contributed by atoms with Crippen molar-refractivity contribution < 1.29 is 25.0 Å². The van der Waals surface area contributed by atoms with Crippen LogP contribution >= 0.6 is 0 Å². The Morgan fingerprint density at radius 1 is 1.10 bits per heavy atom. The van der Waals surface area contributed by atoms with E-state index in [1.165, 1.54) is 19.3 Å². The first kappa shape index (κ1) is 22.8. The van der Waals surface area contributed by atoms with Gasteiger partial charge in [0.25, 0.3) is 11.8 Å². The van der Waals surface area contributed by atoms with E-state index in [9.17, 15) is 14.7 Å². The first-order valence-electron chi connectivity index (χ1n) is 9.19. The summed E-state index contributed by atoms with van der Waals surface area (Å²) < 4.78 is 0. The van der Waals surface area contributed by atoms with Crippen LogP contribution in [-0.2, 0) is 11.4 Å². The summed E-state index contributed by atoms with van der Waals surface area (Å²) in [6.45, 7) is 2.70. The fourth-order valence-corrected chi connectivity index (χ4v) is 2.54. The molecule has 0 aliphatic heterocycles. The molecule has 0 bridgehead atoms. The highest BCUT2D eigenvalue weighted by atomic mass is 16.5. The number of hydroxylamine groups is 1. The third kappa shape index (κ3) is 6.57. The van der Waals surface area contributed by atoms with E-state index >= 15 is 0 Å². The molecular formula is C23H24N2O5. The lowest BCUT2D eigenvalue weighted by molar-refractivity contribution is -0.136. The van der Waals surface area contributed by atoms with Gasteiger partial charge in [0, 0.05) is 11.1 Å². The van der Waals surface area contributed by atoms with Crippen LogP contribution in [-0.4, -0.2) is 38.9 Å². The maximum Gasteiger partial charge on any atom is 0.268 e. The maximum absolute atomic E-state index is 12.4. The van der Waals surface area contributed by atoms with Crippen molar-refractivity contribution in [3.05, 3.63) is 76.9 Å². The van der Waals surface area contributed by atoms with Crippen molar-refractivity contribution in [1.29, 1.82) is 0 Å². The summed E-state index contributed by atoms with van der Waals surface area (Å²) in [6.07, 6.45) is 3.47. The minimum atomic E-state index is -1.57. The molecule has 7 nitrogen and oxygen atoms in total. The van der Waals surface area contributed by atoms with Crippen LogP contribution in [0.2, 0.25) is 0 Å². The van der Waals surface area contributed by atoms with Crippen molar-refractivity contribution in [2.75, 3.05) is 0 Å².